The molecule has 0 amide bonds. The van der Waals surface area contributed by atoms with Crippen molar-refractivity contribution in [3.8, 4) is 0 Å². The van der Waals surface area contributed by atoms with Crippen LogP contribution in [-0.2, 0) is 0 Å². The van der Waals surface area contributed by atoms with Gasteiger partial charge in [0.1, 0.15) is 11.4 Å². The largest absolute Gasteiger partial charge is 0.411 e. The Hall–Kier alpha value is -2.27. The first kappa shape index (κ1) is 19.1. The molecule has 0 unspecified atom stereocenters. The molecule has 0 bridgehead atoms. The normalized spacial score (nSPS) is 13.8. The van der Waals surface area contributed by atoms with Crippen LogP contribution >= 0.6 is 11.8 Å². The van der Waals surface area contributed by atoms with Crippen LogP contribution in [0.1, 0.15) is 38.8 Å². The SMILES string of the molecule is CC(C)(SC(C)(C)/C(=N/O)c1ccccc1)/C(=N/O)c1ccccc1. The molecule has 0 aliphatic heterocycles. The number of rotatable bonds is 6. The van der Waals surface area contributed by atoms with E-state index in [2.05, 4.69) is 10.3 Å². The molecule has 0 saturated heterocycles. The van der Waals surface area contributed by atoms with Crippen molar-refractivity contribution in [1.29, 1.82) is 0 Å². The highest BCUT2D eigenvalue weighted by Gasteiger charge is 2.38. The van der Waals surface area contributed by atoms with Crippen LogP contribution in [0.3, 0.4) is 0 Å². The van der Waals surface area contributed by atoms with Crippen LogP contribution < -0.4 is 0 Å². The molecule has 0 atom stereocenters. The van der Waals surface area contributed by atoms with Gasteiger partial charge < -0.3 is 10.4 Å². The molecule has 5 heteroatoms. The van der Waals surface area contributed by atoms with Crippen molar-refractivity contribution in [3.63, 3.8) is 0 Å². The summed E-state index contributed by atoms with van der Waals surface area (Å²) in [6.45, 7) is 8.01. The third-order valence-corrected chi connectivity index (χ3v) is 5.35. The van der Waals surface area contributed by atoms with E-state index in [-0.39, 0.29) is 0 Å². The Morgan fingerprint density at radius 2 is 1.00 bits per heavy atom. The molecule has 25 heavy (non-hydrogen) atoms. The Morgan fingerprint density at radius 1 is 0.680 bits per heavy atom. The molecule has 0 fully saturated rings. The van der Waals surface area contributed by atoms with E-state index in [1.54, 1.807) is 11.8 Å². The summed E-state index contributed by atoms with van der Waals surface area (Å²) in [7, 11) is 0. The van der Waals surface area contributed by atoms with Crippen LogP contribution in [0.25, 0.3) is 0 Å². The molecule has 0 aliphatic carbocycles. The first-order valence-electron chi connectivity index (χ1n) is 8.08. The van der Waals surface area contributed by atoms with Crippen LogP contribution in [0.5, 0.6) is 0 Å². The molecular weight excluding hydrogens is 332 g/mol. The maximum absolute atomic E-state index is 9.62. The molecule has 0 aliphatic rings. The lowest BCUT2D eigenvalue weighted by Crippen LogP contribution is -2.39. The van der Waals surface area contributed by atoms with Crippen molar-refractivity contribution in [3.05, 3.63) is 71.8 Å². The van der Waals surface area contributed by atoms with Crippen molar-refractivity contribution in [2.45, 2.75) is 37.2 Å². The van der Waals surface area contributed by atoms with E-state index < -0.39 is 9.49 Å². The monoisotopic (exact) mass is 356 g/mol. The maximum Gasteiger partial charge on any atom is 0.102 e. The Labute approximate surface area is 153 Å². The molecular formula is C20H24N2O2S. The van der Waals surface area contributed by atoms with E-state index >= 15 is 0 Å². The molecule has 0 aromatic heterocycles. The highest BCUT2D eigenvalue weighted by molar-refractivity contribution is 8.03. The standard InChI is InChI=1S/C20H24N2O2S/c1-19(2,17(21-23)15-11-7-5-8-12-15)25-20(3,4)18(22-24)16-13-9-6-10-14-16/h5-14,23-24H,1-4H3/b21-17+,22-18+. The van der Waals surface area contributed by atoms with Gasteiger partial charge >= 0.3 is 0 Å². The average Bonchev–Trinajstić information content (AvgIpc) is 2.56. The minimum Gasteiger partial charge on any atom is -0.411 e. The smallest absolute Gasteiger partial charge is 0.102 e. The Morgan fingerprint density at radius 3 is 1.28 bits per heavy atom. The van der Waals surface area contributed by atoms with Gasteiger partial charge in [0, 0.05) is 11.1 Å². The number of hydrogen-bond donors (Lipinski definition) is 2. The van der Waals surface area contributed by atoms with Crippen LogP contribution in [0.2, 0.25) is 0 Å². The highest BCUT2D eigenvalue weighted by Crippen LogP contribution is 2.41. The van der Waals surface area contributed by atoms with Gasteiger partial charge in [-0.05, 0) is 27.7 Å². The number of benzene rings is 2. The number of oxime groups is 2. The molecule has 0 saturated carbocycles. The molecule has 2 aromatic carbocycles. The van der Waals surface area contributed by atoms with Crippen molar-refractivity contribution in [2.75, 3.05) is 0 Å². The van der Waals surface area contributed by atoms with Gasteiger partial charge in [0.05, 0.1) is 9.49 Å². The first-order valence-corrected chi connectivity index (χ1v) is 8.89. The van der Waals surface area contributed by atoms with Gasteiger partial charge in [0.25, 0.3) is 0 Å². The number of hydrogen-bond acceptors (Lipinski definition) is 5. The lowest BCUT2D eigenvalue weighted by molar-refractivity contribution is 0.316. The molecule has 0 spiro atoms. The van der Waals surface area contributed by atoms with E-state index in [1.165, 1.54) is 0 Å². The molecule has 4 nitrogen and oxygen atoms in total. The van der Waals surface area contributed by atoms with Gasteiger partial charge in [0.2, 0.25) is 0 Å². The summed E-state index contributed by atoms with van der Waals surface area (Å²) in [5.41, 5.74) is 2.88. The second-order valence-corrected chi connectivity index (χ2v) is 9.00. The third-order valence-electron chi connectivity index (χ3n) is 3.95. The fourth-order valence-electron chi connectivity index (χ4n) is 2.98. The summed E-state index contributed by atoms with van der Waals surface area (Å²) in [4.78, 5) is 0. The molecule has 2 N–H and O–H groups in total. The minimum absolute atomic E-state index is 0.510. The summed E-state index contributed by atoms with van der Waals surface area (Å²) < 4.78 is -1.02. The summed E-state index contributed by atoms with van der Waals surface area (Å²) in [6, 6.07) is 19.2. The lowest BCUT2D eigenvalue weighted by Gasteiger charge is -2.35. The highest BCUT2D eigenvalue weighted by atomic mass is 32.2. The molecule has 0 heterocycles. The average molecular weight is 356 g/mol. The van der Waals surface area contributed by atoms with Crippen molar-refractivity contribution in [1.82, 2.24) is 0 Å². The number of nitrogens with zero attached hydrogens (tertiary/aromatic N) is 2. The van der Waals surface area contributed by atoms with Crippen LogP contribution in [-0.4, -0.2) is 31.3 Å². The predicted octanol–water partition coefficient (Wildman–Crippen LogP) is 5.03. The predicted molar refractivity (Wildman–Crippen MR) is 105 cm³/mol. The van der Waals surface area contributed by atoms with E-state index in [0.29, 0.717) is 11.4 Å². The quantitative estimate of drug-likeness (QED) is 0.433. The van der Waals surface area contributed by atoms with Crippen molar-refractivity contribution in [2.24, 2.45) is 10.3 Å². The van der Waals surface area contributed by atoms with Gasteiger partial charge in [-0.25, -0.2) is 0 Å². The van der Waals surface area contributed by atoms with Crippen LogP contribution in [0, 0.1) is 0 Å². The zero-order valence-corrected chi connectivity index (χ0v) is 15.8. The van der Waals surface area contributed by atoms with Gasteiger partial charge in [-0.1, -0.05) is 71.0 Å². The molecule has 0 radical (unpaired) electrons. The third kappa shape index (κ3) is 4.42. The topological polar surface area (TPSA) is 65.2 Å². The van der Waals surface area contributed by atoms with Crippen LogP contribution in [0.4, 0.5) is 0 Å². The fraction of sp³-hybridized carbons (Fsp3) is 0.300. The van der Waals surface area contributed by atoms with E-state index in [1.807, 2.05) is 88.4 Å². The van der Waals surface area contributed by atoms with Crippen molar-refractivity contribution >= 4 is 23.2 Å². The van der Waals surface area contributed by atoms with Gasteiger partial charge in [0.15, 0.2) is 0 Å². The second-order valence-electron chi connectivity index (χ2n) is 6.75. The van der Waals surface area contributed by atoms with Crippen molar-refractivity contribution < 1.29 is 10.4 Å². The molecule has 132 valence electrons. The zero-order valence-electron chi connectivity index (χ0n) is 15.0. The zero-order chi connectivity index (χ0) is 18.5. The first-order chi connectivity index (χ1) is 11.8. The van der Waals surface area contributed by atoms with E-state index in [0.717, 1.165) is 11.1 Å². The van der Waals surface area contributed by atoms with Gasteiger partial charge in [-0.3, -0.25) is 0 Å². The lowest BCUT2D eigenvalue weighted by atomic mass is 9.98. The van der Waals surface area contributed by atoms with Crippen LogP contribution in [0.15, 0.2) is 71.0 Å². The summed E-state index contributed by atoms with van der Waals surface area (Å²) in [6.07, 6.45) is 0. The Balaban J connectivity index is 2.34. The maximum atomic E-state index is 9.62. The number of thioether (sulfide) groups is 1. The molecule has 2 aromatic rings. The molecule has 2 rings (SSSR count). The fourth-order valence-corrected chi connectivity index (χ4v) is 4.76. The summed E-state index contributed by atoms with van der Waals surface area (Å²) in [5.74, 6) is 0. The van der Waals surface area contributed by atoms with Gasteiger partial charge in [-0.2, -0.15) is 0 Å². The van der Waals surface area contributed by atoms with E-state index in [4.69, 9.17) is 0 Å². The van der Waals surface area contributed by atoms with E-state index in [9.17, 15) is 10.4 Å². The van der Waals surface area contributed by atoms with Gasteiger partial charge in [-0.15, -0.1) is 11.8 Å². The summed E-state index contributed by atoms with van der Waals surface area (Å²) >= 11 is 1.58. The second kappa shape index (κ2) is 7.74. The Bertz CT molecular complexity index is 688. The minimum atomic E-state index is -0.510. The Kier molecular flexibility index (Phi) is 5.90. The summed E-state index contributed by atoms with van der Waals surface area (Å²) in [5, 5.41) is 26.4.